The van der Waals surface area contributed by atoms with E-state index in [0.717, 1.165) is 0 Å². The molecule has 0 spiro atoms. The van der Waals surface area contributed by atoms with E-state index < -0.39 is 11.0 Å². The number of hydrogen-bond donors (Lipinski definition) is 1. The molecule has 0 aliphatic heterocycles. The molecule has 1 N–H and O–H groups in total. The second-order valence-corrected chi connectivity index (χ2v) is 4.55. The minimum absolute atomic E-state index is 0.121. The van der Waals surface area contributed by atoms with Gasteiger partial charge in [0, 0.05) is 16.8 Å². The van der Waals surface area contributed by atoms with Crippen LogP contribution >= 0.6 is 11.6 Å². The first kappa shape index (κ1) is 10.1. The maximum atomic E-state index is 10.9. The zero-order valence-electron chi connectivity index (χ0n) is 6.19. The zero-order chi connectivity index (χ0) is 8.15. The molecule has 1 atom stereocenters. The quantitative estimate of drug-likeness (QED) is 0.698. The molecule has 0 aliphatic carbocycles. The Morgan fingerprint density at radius 2 is 2.30 bits per heavy atom. The van der Waals surface area contributed by atoms with Crippen molar-refractivity contribution in [1.82, 2.24) is 4.72 Å². The van der Waals surface area contributed by atoms with E-state index in [4.69, 9.17) is 11.6 Å². The second-order valence-electron chi connectivity index (χ2n) is 2.18. The van der Waals surface area contributed by atoms with Gasteiger partial charge in [-0.15, -0.1) is 0 Å². The Hall–Kier alpha value is 0.140. The van der Waals surface area contributed by atoms with Crippen molar-refractivity contribution >= 4 is 22.6 Å². The van der Waals surface area contributed by atoms with Crippen LogP contribution < -0.4 is 4.72 Å². The lowest BCUT2D eigenvalue weighted by atomic mass is 10.6. The van der Waals surface area contributed by atoms with Crippen molar-refractivity contribution in [2.24, 2.45) is 0 Å². The second kappa shape index (κ2) is 4.88. The Morgan fingerprint density at radius 3 is 2.60 bits per heavy atom. The van der Waals surface area contributed by atoms with E-state index in [0.29, 0.717) is 11.6 Å². The maximum absolute atomic E-state index is 10.9. The number of halogens is 1. The van der Waals surface area contributed by atoms with Gasteiger partial charge in [-0.3, -0.25) is 0 Å². The molecule has 0 aromatic heterocycles. The molecule has 1 unspecified atom stereocenters. The summed E-state index contributed by atoms with van der Waals surface area (Å²) >= 11 is 5.44. The molecular weight excluding hydrogens is 170 g/mol. The minimum atomic E-state index is -0.988. The van der Waals surface area contributed by atoms with Crippen molar-refractivity contribution in [3.8, 4) is 0 Å². The van der Waals surface area contributed by atoms with Gasteiger partial charge in [-0.25, -0.2) is 8.93 Å². The summed E-state index contributed by atoms with van der Waals surface area (Å²) < 4.78 is 13.7. The van der Waals surface area contributed by atoms with Crippen molar-refractivity contribution in [2.45, 2.75) is 19.1 Å². The molecule has 0 aromatic carbocycles. The molecule has 4 heteroatoms. The molecule has 10 heavy (non-hydrogen) atoms. The van der Waals surface area contributed by atoms with E-state index in [1.807, 2.05) is 13.8 Å². The maximum Gasteiger partial charge on any atom is 0.0944 e. The average molecular weight is 182 g/mol. The van der Waals surface area contributed by atoms with Gasteiger partial charge in [-0.1, -0.05) is 18.2 Å². The fourth-order valence-corrected chi connectivity index (χ4v) is 1.11. The normalized spacial score (nSPS) is 13.6. The van der Waals surface area contributed by atoms with Crippen molar-refractivity contribution in [1.29, 1.82) is 0 Å². The summed E-state index contributed by atoms with van der Waals surface area (Å²) in [5.41, 5.74) is 0. The van der Waals surface area contributed by atoms with Gasteiger partial charge >= 0.3 is 0 Å². The zero-order valence-corrected chi connectivity index (χ0v) is 7.76. The molecule has 0 radical (unpaired) electrons. The average Bonchev–Trinajstić information content (AvgIpc) is 1.82. The first-order valence-corrected chi connectivity index (χ1v) is 4.60. The van der Waals surface area contributed by atoms with Gasteiger partial charge in [-0.2, -0.15) is 0 Å². The summed E-state index contributed by atoms with van der Waals surface area (Å²) in [5, 5.41) is 0.602. The lowest BCUT2D eigenvalue weighted by Gasteiger charge is -2.05. The van der Waals surface area contributed by atoms with E-state index in [1.54, 1.807) is 0 Å². The largest absolute Gasteiger partial charge is 0.243 e. The molecule has 0 amide bonds. The molecule has 0 bridgehead atoms. The van der Waals surface area contributed by atoms with E-state index >= 15 is 0 Å². The molecule has 0 heterocycles. The monoisotopic (exact) mass is 181 g/mol. The van der Waals surface area contributed by atoms with Gasteiger partial charge in [0.05, 0.1) is 11.0 Å². The predicted octanol–water partition coefficient (Wildman–Crippen LogP) is 1.40. The van der Waals surface area contributed by atoms with Crippen LogP contribution in [-0.2, 0) is 11.0 Å². The SMILES string of the molecule is C=C(Cl)CNS(=O)C(C)C. The Morgan fingerprint density at radius 1 is 1.80 bits per heavy atom. The Balaban J connectivity index is 3.50. The topological polar surface area (TPSA) is 29.1 Å². The van der Waals surface area contributed by atoms with Crippen LogP contribution in [0.25, 0.3) is 0 Å². The van der Waals surface area contributed by atoms with E-state index in [9.17, 15) is 4.21 Å². The van der Waals surface area contributed by atoms with Crippen LogP contribution in [0.4, 0.5) is 0 Å². The number of rotatable bonds is 4. The van der Waals surface area contributed by atoms with Gasteiger partial charge in [0.1, 0.15) is 0 Å². The molecule has 0 saturated heterocycles. The predicted molar refractivity (Wildman–Crippen MR) is 46.3 cm³/mol. The van der Waals surface area contributed by atoms with Crippen molar-refractivity contribution in [2.75, 3.05) is 6.54 Å². The molecule has 60 valence electrons. The first-order chi connectivity index (χ1) is 4.54. The van der Waals surface area contributed by atoms with Crippen LogP contribution in [0.2, 0.25) is 0 Å². The van der Waals surface area contributed by atoms with Crippen molar-refractivity contribution in [3.63, 3.8) is 0 Å². The lowest BCUT2D eigenvalue weighted by Crippen LogP contribution is -2.24. The van der Waals surface area contributed by atoms with Crippen LogP contribution in [-0.4, -0.2) is 16.0 Å². The standard InChI is InChI=1S/C6H12ClNOS/c1-5(2)10(9)8-4-6(3)7/h5,8H,3-4H2,1-2H3. The van der Waals surface area contributed by atoms with Crippen LogP contribution in [0.5, 0.6) is 0 Å². The summed E-state index contributed by atoms with van der Waals surface area (Å²) in [6.07, 6.45) is 0. The van der Waals surface area contributed by atoms with E-state index in [1.165, 1.54) is 0 Å². The minimum Gasteiger partial charge on any atom is -0.243 e. The Labute approximate surface area is 69.2 Å². The summed E-state index contributed by atoms with van der Waals surface area (Å²) in [7, 11) is -0.988. The fourth-order valence-electron chi connectivity index (χ4n) is 0.316. The first-order valence-electron chi connectivity index (χ1n) is 3.01. The van der Waals surface area contributed by atoms with Crippen molar-refractivity contribution in [3.05, 3.63) is 11.6 Å². The summed E-state index contributed by atoms with van der Waals surface area (Å²) in [4.78, 5) is 0. The van der Waals surface area contributed by atoms with Gasteiger partial charge < -0.3 is 0 Å². The molecule has 0 aromatic rings. The molecule has 2 nitrogen and oxygen atoms in total. The highest BCUT2D eigenvalue weighted by atomic mass is 35.5. The highest BCUT2D eigenvalue weighted by molar-refractivity contribution is 7.83. The fraction of sp³-hybridized carbons (Fsp3) is 0.667. The van der Waals surface area contributed by atoms with Crippen molar-refractivity contribution < 1.29 is 4.21 Å². The third kappa shape index (κ3) is 4.97. The molecule has 0 saturated carbocycles. The third-order valence-electron chi connectivity index (χ3n) is 0.834. The Bertz CT molecular complexity index is 147. The highest BCUT2D eigenvalue weighted by Gasteiger charge is 2.02. The lowest BCUT2D eigenvalue weighted by molar-refractivity contribution is 0.668. The molecule has 0 aliphatic rings. The molecule has 0 fully saturated rings. The summed E-state index contributed by atoms with van der Waals surface area (Å²) in [6.45, 7) is 7.61. The van der Waals surface area contributed by atoms with Gasteiger partial charge in [0.25, 0.3) is 0 Å². The van der Waals surface area contributed by atoms with Gasteiger partial charge in [0.15, 0.2) is 0 Å². The molecule has 0 rings (SSSR count). The van der Waals surface area contributed by atoms with Crippen LogP contribution in [0.15, 0.2) is 11.6 Å². The van der Waals surface area contributed by atoms with Crippen LogP contribution in [0.1, 0.15) is 13.8 Å². The van der Waals surface area contributed by atoms with E-state index in [-0.39, 0.29) is 5.25 Å². The summed E-state index contributed by atoms with van der Waals surface area (Å²) in [6, 6.07) is 0. The van der Waals surface area contributed by atoms with Gasteiger partial charge in [0.2, 0.25) is 0 Å². The smallest absolute Gasteiger partial charge is 0.0944 e. The van der Waals surface area contributed by atoms with Crippen LogP contribution in [0.3, 0.4) is 0 Å². The van der Waals surface area contributed by atoms with E-state index in [2.05, 4.69) is 11.3 Å². The number of hydrogen-bond acceptors (Lipinski definition) is 1. The highest BCUT2D eigenvalue weighted by Crippen LogP contribution is 1.95. The summed E-state index contributed by atoms with van der Waals surface area (Å²) in [5.74, 6) is 0. The number of nitrogens with one attached hydrogen (secondary N) is 1. The Kier molecular flexibility index (Phi) is 4.95. The third-order valence-corrected chi connectivity index (χ3v) is 2.25. The van der Waals surface area contributed by atoms with Crippen LogP contribution in [0, 0.1) is 0 Å². The molecular formula is C6H12ClNOS. The van der Waals surface area contributed by atoms with Gasteiger partial charge in [-0.05, 0) is 13.8 Å².